The molecule has 1 atom stereocenters. The number of piperidine rings is 1. The third-order valence-electron chi connectivity index (χ3n) is 3.96. The zero-order valence-corrected chi connectivity index (χ0v) is 12.6. The Bertz CT molecular complexity index is 377. The quantitative estimate of drug-likeness (QED) is 0.778. The average Bonchev–Trinajstić information content (AvgIpc) is 2.49. The van der Waals surface area contributed by atoms with Crippen LogP contribution in [0.3, 0.4) is 0 Å². The van der Waals surface area contributed by atoms with Crippen molar-refractivity contribution in [3.63, 3.8) is 0 Å². The van der Waals surface area contributed by atoms with Gasteiger partial charge >= 0.3 is 0 Å². The molecule has 0 aliphatic carbocycles. The summed E-state index contributed by atoms with van der Waals surface area (Å²) in [6.07, 6.45) is 4.64. The first-order valence-corrected chi connectivity index (χ1v) is 7.86. The molecule has 1 aliphatic heterocycles. The minimum Gasteiger partial charge on any atom is -0.494 e. The molecule has 1 heterocycles. The highest BCUT2D eigenvalue weighted by Crippen LogP contribution is 2.19. The normalized spacial score (nSPS) is 20.0. The monoisotopic (exact) mass is 277 g/mol. The Morgan fingerprint density at radius 2 is 2.10 bits per heavy atom. The molecule has 1 saturated heterocycles. The molecule has 0 aromatic heterocycles. The summed E-state index contributed by atoms with van der Waals surface area (Å²) in [7, 11) is 0. The van der Waals surface area contributed by atoms with E-state index in [1.807, 2.05) is 0 Å². The van der Waals surface area contributed by atoms with Gasteiger partial charge in [-0.15, -0.1) is 0 Å². The molecule has 0 spiro atoms. The maximum Gasteiger partial charge on any atom is 0.119 e. The van der Waals surface area contributed by atoms with Crippen LogP contribution in [-0.4, -0.2) is 36.3 Å². The van der Waals surface area contributed by atoms with Crippen LogP contribution in [0.5, 0.6) is 5.75 Å². The second-order valence-electron chi connectivity index (χ2n) is 5.77. The van der Waals surface area contributed by atoms with Crippen LogP contribution < -0.4 is 4.74 Å². The van der Waals surface area contributed by atoms with E-state index in [4.69, 9.17) is 4.74 Å². The Morgan fingerprint density at radius 1 is 1.30 bits per heavy atom. The van der Waals surface area contributed by atoms with Gasteiger partial charge in [0.15, 0.2) is 0 Å². The van der Waals surface area contributed by atoms with Gasteiger partial charge in [0.25, 0.3) is 0 Å². The van der Waals surface area contributed by atoms with Gasteiger partial charge in [-0.2, -0.15) is 0 Å². The first-order valence-electron chi connectivity index (χ1n) is 7.86. The third-order valence-corrected chi connectivity index (χ3v) is 3.96. The van der Waals surface area contributed by atoms with Crippen LogP contribution in [0.1, 0.15) is 38.2 Å². The Morgan fingerprint density at radius 3 is 2.80 bits per heavy atom. The Balaban J connectivity index is 1.80. The Hall–Kier alpha value is -1.06. The zero-order valence-electron chi connectivity index (χ0n) is 12.6. The molecule has 3 nitrogen and oxygen atoms in total. The molecular formula is C17H27NO2. The second kappa shape index (κ2) is 8.28. The average molecular weight is 277 g/mol. The molecular weight excluding hydrogens is 250 g/mol. The van der Waals surface area contributed by atoms with E-state index in [0.29, 0.717) is 12.5 Å². The van der Waals surface area contributed by atoms with Gasteiger partial charge in [-0.3, -0.25) is 4.90 Å². The molecule has 1 aromatic carbocycles. The predicted octanol–water partition coefficient (Wildman–Crippen LogP) is 3.07. The van der Waals surface area contributed by atoms with Crippen molar-refractivity contribution >= 4 is 0 Å². The van der Waals surface area contributed by atoms with Gasteiger partial charge in [0, 0.05) is 19.7 Å². The van der Waals surface area contributed by atoms with Crippen molar-refractivity contribution in [2.45, 2.75) is 39.2 Å². The van der Waals surface area contributed by atoms with Crippen molar-refractivity contribution < 1.29 is 9.84 Å². The van der Waals surface area contributed by atoms with Gasteiger partial charge in [0.05, 0.1) is 6.61 Å². The minimum absolute atomic E-state index is 0.320. The van der Waals surface area contributed by atoms with E-state index >= 15 is 0 Å². The molecule has 1 aromatic rings. The second-order valence-corrected chi connectivity index (χ2v) is 5.77. The topological polar surface area (TPSA) is 32.7 Å². The van der Waals surface area contributed by atoms with Crippen molar-refractivity contribution in [2.24, 2.45) is 5.92 Å². The Kier molecular flexibility index (Phi) is 6.34. The van der Waals surface area contributed by atoms with Crippen LogP contribution in [0.25, 0.3) is 0 Å². The lowest BCUT2D eigenvalue weighted by Gasteiger charge is -2.31. The van der Waals surface area contributed by atoms with Gasteiger partial charge in [0.1, 0.15) is 5.75 Å². The lowest BCUT2D eigenvalue weighted by atomic mass is 9.98. The van der Waals surface area contributed by atoms with Crippen molar-refractivity contribution in [1.29, 1.82) is 0 Å². The van der Waals surface area contributed by atoms with E-state index in [1.165, 1.54) is 18.4 Å². The minimum atomic E-state index is 0.320. The van der Waals surface area contributed by atoms with Gasteiger partial charge in [-0.25, -0.2) is 0 Å². The van der Waals surface area contributed by atoms with Gasteiger partial charge in [-0.1, -0.05) is 25.5 Å². The SMILES string of the molecule is CCCCOc1ccc(CN2CCC[C@H](CO)C2)cc1. The van der Waals surface area contributed by atoms with Crippen LogP contribution >= 0.6 is 0 Å². The number of hydrogen-bond donors (Lipinski definition) is 1. The summed E-state index contributed by atoms with van der Waals surface area (Å²) in [6.45, 7) is 6.44. The summed E-state index contributed by atoms with van der Waals surface area (Å²) in [5.41, 5.74) is 1.33. The Labute approximate surface area is 122 Å². The standard InChI is InChI=1S/C17H27NO2/c1-2-3-11-20-17-8-6-15(7-9-17)12-18-10-4-5-16(13-18)14-19/h6-9,16,19H,2-5,10-14H2,1H3/t16-/m0/s1. The molecule has 20 heavy (non-hydrogen) atoms. The summed E-state index contributed by atoms with van der Waals surface area (Å²) in [5, 5.41) is 9.27. The number of hydrogen-bond acceptors (Lipinski definition) is 3. The van der Waals surface area contributed by atoms with Gasteiger partial charge < -0.3 is 9.84 Å². The molecule has 1 aliphatic rings. The largest absolute Gasteiger partial charge is 0.494 e. The molecule has 1 fully saturated rings. The number of likely N-dealkylation sites (tertiary alicyclic amines) is 1. The number of unbranched alkanes of at least 4 members (excludes halogenated alkanes) is 1. The first-order chi connectivity index (χ1) is 9.81. The van der Waals surface area contributed by atoms with E-state index in [1.54, 1.807) is 0 Å². The van der Waals surface area contributed by atoms with Crippen LogP contribution in [0.2, 0.25) is 0 Å². The number of rotatable bonds is 7. The molecule has 112 valence electrons. The molecule has 0 radical (unpaired) electrons. The zero-order chi connectivity index (χ0) is 14.2. The van der Waals surface area contributed by atoms with E-state index in [9.17, 15) is 5.11 Å². The smallest absolute Gasteiger partial charge is 0.119 e. The number of aliphatic hydroxyl groups is 1. The number of benzene rings is 1. The number of ether oxygens (including phenoxy) is 1. The van der Waals surface area contributed by atoms with Gasteiger partial charge in [-0.05, 0) is 49.4 Å². The van der Waals surface area contributed by atoms with E-state index < -0.39 is 0 Å². The van der Waals surface area contributed by atoms with Crippen LogP contribution in [0.4, 0.5) is 0 Å². The molecule has 0 amide bonds. The molecule has 0 saturated carbocycles. The van der Waals surface area contributed by atoms with E-state index in [2.05, 4.69) is 36.1 Å². The van der Waals surface area contributed by atoms with Gasteiger partial charge in [0.2, 0.25) is 0 Å². The van der Waals surface area contributed by atoms with E-state index in [0.717, 1.165) is 44.8 Å². The molecule has 0 unspecified atom stereocenters. The maximum atomic E-state index is 9.27. The molecule has 3 heteroatoms. The molecule has 0 bridgehead atoms. The highest BCUT2D eigenvalue weighted by atomic mass is 16.5. The van der Waals surface area contributed by atoms with Crippen molar-refractivity contribution in [3.05, 3.63) is 29.8 Å². The fourth-order valence-corrected chi connectivity index (χ4v) is 2.73. The molecule has 2 rings (SSSR count). The van der Waals surface area contributed by atoms with Crippen molar-refractivity contribution in [2.75, 3.05) is 26.3 Å². The summed E-state index contributed by atoms with van der Waals surface area (Å²) in [4.78, 5) is 2.44. The predicted molar refractivity (Wildman–Crippen MR) is 81.9 cm³/mol. The highest BCUT2D eigenvalue weighted by Gasteiger charge is 2.18. The maximum absolute atomic E-state index is 9.27. The lowest BCUT2D eigenvalue weighted by molar-refractivity contribution is 0.116. The fraction of sp³-hybridized carbons (Fsp3) is 0.647. The highest BCUT2D eigenvalue weighted by molar-refractivity contribution is 5.27. The van der Waals surface area contributed by atoms with E-state index in [-0.39, 0.29) is 0 Å². The summed E-state index contributed by atoms with van der Waals surface area (Å²) >= 11 is 0. The van der Waals surface area contributed by atoms with Crippen molar-refractivity contribution in [1.82, 2.24) is 4.90 Å². The fourth-order valence-electron chi connectivity index (χ4n) is 2.73. The number of nitrogens with zero attached hydrogens (tertiary/aromatic N) is 1. The molecule has 1 N–H and O–H groups in total. The summed E-state index contributed by atoms with van der Waals surface area (Å²) in [5.74, 6) is 1.43. The van der Waals surface area contributed by atoms with Crippen LogP contribution in [0, 0.1) is 5.92 Å². The lowest BCUT2D eigenvalue weighted by Crippen LogP contribution is -2.36. The van der Waals surface area contributed by atoms with Crippen LogP contribution in [-0.2, 0) is 6.54 Å². The van der Waals surface area contributed by atoms with Crippen LogP contribution in [0.15, 0.2) is 24.3 Å². The van der Waals surface area contributed by atoms with Crippen molar-refractivity contribution in [3.8, 4) is 5.75 Å². The third kappa shape index (κ3) is 4.80. The number of aliphatic hydroxyl groups excluding tert-OH is 1. The first kappa shape index (κ1) is 15.3. The summed E-state index contributed by atoms with van der Waals surface area (Å²) < 4.78 is 5.68. The summed E-state index contributed by atoms with van der Waals surface area (Å²) in [6, 6.07) is 8.45.